The maximum atomic E-state index is 14.1. The number of benzene rings is 1. The number of nitrogens with two attached hydrogens (primary N) is 2. The molecule has 2 aromatic rings. The van der Waals surface area contributed by atoms with E-state index in [2.05, 4.69) is 52.5 Å². The number of phenolic OH excluding ortho intramolecular Hbond substituents is 1. The van der Waals surface area contributed by atoms with E-state index in [9.17, 15) is 108 Å². The molecule has 0 aliphatic rings. The third-order valence-corrected chi connectivity index (χ3v) is 11.9. The van der Waals surface area contributed by atoms with Crippen molar-refractivity contribution in [2.24, 2.45) is 17.4 Å². The lowest BCUT2D eigenvalue weighted by molar-refractivity contribution is -0.144. The Balaban J connectivity index is 2.48. The zero-order valence-corrected chi connectivity index (χ0v) is 45.4. The molecule has 0 unspecified atom stereocenters. The van der Waals surface area contributed by atoms with Gasteiger partial charge in [-0.15, -0.1) is 0 Å². The number of amides is 10. The van der Waals surface area contributed by atoms with Crippen LogP contribution in [0.5, 0.6) is 5.75 Å². The lowest BCUT2D eigenvalue weighted by Gasteiger charge is -2.27. The van der Waals surface area contributed by atoms with Crippen molar-refractivity contribution in [3.05, 3.63) is 48.0 Å². The van der Waals surface area contributed by atoms with Gasteiger partial charge in [0.05, 0.1) is 38.2 Å². The normalized spacial score (nSPS) is 14.5. The summed E-state index contributed by atoms with van der Waals surface area (Å²) in [5, 5.41) is 87.7. The number of primary amides is 1. The van der Waals surface area contributed by atoms with Crippen LogP contribution in [0.4, 0.5) is 0 Å². The fourth-order valence-corrected chi connectivity index (χ4v) is 7.50. The number of rotatable bonds is 38. The highest BCUT2D eigenvalue weighted by atomic mass is 16.4. The van der Waals surface area contributed by atoms with Crippen LogP contribution in [0.3, 0.4) is 0 Å². The van der Waals surface area contributed by atoms with Gasteiger partial charge in [0, 0.05) is 37.6 Å². The molecular weight excluding hydrogens is 1120 g/mol. The van der Waals surface area contributed by atoms with Gasteiger partial charge in [-0.2, -0.15) is 0 Å². The number of H-pyrrole nitrogens is 1. The minimum Gasteiger partial charge on any atom is -0.508 e. The minimum atomic E-state index is -2.21. The Kier molecular flexibility index (Phi) is 28.9. The summed E-state index contributed by atoms with van der Waals surface area (Å²) in [6, 6.07) is -13.4. The van der Waals surface area contributed by atoms with Gasteiger partial charge in [0.25, 0.3) is 0 Å². The molecule has 0 saturated heterocycles. The number of imidazole rings is 1. The van der Waals surface area contributed by atoms with Gasteiger partial charge in [-0.1, -0.05) is 26.0 Å². The SMILES string of the molecule is CC(C)C[C@H](NC(=O)[C@H](CC(=O)O)NC(=O)[C@H](Cc1cnc[nH]1)NC(=O)[C@H](CO)NC(=O)[C@H](Cc1ccc(O)cc1)NC(=O)[C@H](CC(=O)O)NC(=O)[C@H](CCC(=O)O)NC(=O)[C@H](CC(=O)O)NC(=O)[C@H](C)NC(=O)[C@@H](N)CCC(N)=O)C(=O)O. The second kappa shape index (κ2) is 34.5. The molecule has 21 N–H and O–H groups in total. The summed E-state index contributed by atoms with van der Waals surface area (Å²) >= 11 is 0. The summed E-state index contributed by atoms with van der Waals surface area (Å²) < 4.78 is 0. The second-order valence-electron chi connectivity index (χ2n) is 19.4. The van der Waals surface area contributed by atoms with E-state index in [1.54, 1.807) is 13.8 Å². The molecule has 35 heteroatoms. The molecule has 10 atom stereocenters. The van der Waals surface area contributed by atoms with Gasteiger partial charge in [0.15, 0.2) is 0 Å². The van der Waals surface area contributed by atoms with Crippen molar-refractivity contribution in [3.8, 4) is 5.75 Å². The van der Waals surface area contributed by atoms with E-state index in [0.717, 1.165) is 6.92 Å². The molecule has 0 aliphatic heterocycles. The third kappa shape index (κ3) is 25.8. The summed E-state index contributed by atoms with van der Waals surface area (Å²) in [4.78, 5) is 199. The van der Waals surface area contributed by atoms with Crippen molar-refractivity contribution >= 4 is 88.9 Å². The molecule has 1 heterocycles. The van der Waals surface area contributed by atoms with Crippen LogP contribution in [0.15, 0.2) is 36.8 Å². The van der Waals surface area contributed by atoms with Crippen molar-refractivity contribution in [2.45, 2.75) is 145 Å². The van der Waals surface area contributed by atoms with Crippen LogP contribution in [-0.4, -0.2) is 202 Å². The molecule has 462 valence electrons. The summed E-state index contributed by atoms with van der Waals surface area (Å²) in [6.07, 6.45) is -4.47. The van der Waals surface area contributed by atoms with E-state index in [-0.39, 0.29) is 42.2 Å². The molecule has 0 saturated carbocycles. The Morgan fingerprint density at radius 1 is 0.500 bits per heavy atom. The molecule has 0 aliphatic carbocycles. The van der Waals surface area contributed by atoms with Gasteiger partial charge in [-0.3, -0.25) is 67.1 Å². The van der Waals surface area contributed by atoms with Gasteiger partial charge in [-0.05, 0) is 49.8 Å². The number of aliphatic hydroxyl groups excluding tert-OH is 1. The number of carboxylic acids is 5. The van der Waals surface area contributed by atoms with Crippen molar-refractivity contribution in [1.29, 1.82) is 0 Å². The monoisotopic (exact) mass is 1190 g/mol. The lowest BCUT2D eigenvalue weighted by Crippen LogP contribution is -2.61. The number of nitrogens with zero attached hydrogens (tertiary/aromatic N) is 1. The average Bonchev–Trinajstić information content (AvgIpc) is 4.07. The number of aromatic hydroxyl groups is 1. The van der Waals surface area contributed by atoms with E-state index in [1.165, 1.54) is 36.8 Å². The molecule has 84 heavy (non-hydrogen) atoms. The maximum absolute atomic E-state index is 14.1. The van der Waals surface area contributed by atoms with E-state index in [4.69, 9.17) is 11.5 Å². The quantitative estimate of drug-likeness (QED) is 0.0297. The Labute approximate surface area is 476 Å². The number of aromatic amines is 1. The van der Waals surface area contributed by atoms with Crippen LogP contribution in [0.25, 0.3) is 0 Å². The third-order valence-electron chi connectivity index (χ3n) is 11.9. The number of carboxylic acid groups (broad SMARTS) is 5. The maximum Gasteiger partial charge on any atom is 0.326 e. The number of aromatic nitrogens is 2. The number of hydrogen-bond donors (Lipinski definition) is 19. The standard InChI is InChI=1S/C49H69N13O22/c1-21(2)12-33(49(83)84)61-47(81)32(17-39(72)73)60-44(78)29(14-24-18-52-20-53-24)58-48(82)34(19-63)62-43(77)28(13-23-4-6-25(64)7-5-23)57-46(80)31(16-38(70)71)59-42(76)27(9-11-36(66)67)55-45(79)30(15-37(68)69)56-40(74)22(3)54-41(75)26(50)8-10-35(51)65/h4-7,18,20-22,26-34,63-64H,8-17,19,50H2,1-3H3,(H2,51,65)(H,52,53)(H,54,75)(H,55,79)(H,56,74)(H,57,80)(H,58,82)(H,59,76)(H,60,78)(H,61,81)(H,62,77)(H,66,67)(H,68,69)(H,70,71)(H,72,73)(H,83,84)/t22-,26-,27-,28-,29-,30-,31-,32-,33-,34-/m0/s1. The van der Waals surface area contributed by atoms with Gasteiger partial charge in [-0.25, -0.2) is 9.78 Å². The van der Waals surface area contributed by atoms with Crippen LogP contribution in [0.1, 0.15) is 83.4 Å². The highest BCUT2D eigenvalue weighted by molar-refractivity contribution is 6.00. The van der Waals surface area contributed by atoms with E-state index >= 15 is 0 Å². The van der Waals surface area contributed by atoms with Crippen molar-refractivity contribution < 1.29 is 108 Å². The molecule has 1 aromatic carbocycles. The van der Waals surface area contributed by atoms with Gasteiger partial charge < -0.3 is 100 Å². The van der Waals surface area contributed by atoms with Gasteiger partial charge in [0.2, 0.25) is 59.1 Å². The molecule has 35 nitrogen and oxygen atoms in total. The zero-order chi connectivity index (χ0) is 63.5. The first-order valence-corrected chi connectivity index (χ1v) is 25.5. The fraction of sp³-hybridized carbons (Fsp3) is 0.510. The van der Waals surface area contributed by atoms with Gasteiger partial charge in [0.1, 0.15) is 60.1 Å². The predicted octanol–water partition coefficient (Wildman–Crippen LogP) is -6.71. The number of aliphatic hydroxyl groups is 1. The van der Waals surface area contributed by atoms with E-state index in [0.29, 0.717) is 0 Å². The van der Waals surface area contributed by atoms with Crippen molar-refractivity contribution in [1.82, 2.24) is 57.8 Å². The Morgan fingerprint density at radius 3 is 1.35 bits per heavy atom. The number of nitrogens with one attached hydrogen (secondary N) is 10. The van der Waals surface area contributed by atoms with Crippen LogP contribution in [0.2, 0.25) is 0 Å². The first kappa shape index (κ1) is 70.3. The van der Waals surface area contributed by atoms with E-state index in [1.807, 2.05) is 5.32 Å². The Hall–Kier alpha value is -9.80. The molecular formula is C49H69N13O22. The van der Waals surface area contributed by atoms with Crippen LogP contribution < -0.4 is 59.3 Å². The highest BCUT2D eigenvalue weighted by Crippen LogP contribution is 2.14. The first-order valence-electron chi connectivity index (χ1n) is 25.5. The van der Waals surface area contributed by atoms with Crippen molar-refractivity contribution in [2.75, 3.05) is 6.61 Å². The fourth-order valence-electron chi connectivity index (χ4n) is 7.50. The smallest absolute Gasteiger partial charge is 0.326 e. The summed E-state index contributed by atoms with van der Waals surface area (Å²) in [6.45, 7) is 3.17. The topological polar surface area (TPSA) is 587 Å². The number of hydrogen-bond acceptors (Lipinski definition) is 19. The number of phenols is 1. The minimum absolute atomic E-state index is 0.0872. The second-order valence-corrected chi connectivity index (χ2v) is 19.4. The number of carbonyl (C=O) groups is 15. The molecule has 10 amide bonds. The molecule has 0 spiro atoms. The molecule has 0 radical (unpaired) electrons. The first-order chi connectivity index (χ1) is 39.3. The Morgan fingerprint density at radius 2 is 0.917 bits per heavy atom. The molecule has 0 fully saturated rings. The van der Waals surface area contributed by atoms with E-state index < -0.39 is 201 Å². The Bertz CT molecular complexity index is 2710. The number of carbonyl (C=O) groups excluding carboxylic acids is 10. The number of aliphatic carboxylic acids is 5. The molecule has 1 aromatic heterocycles. The summed E-state index contributed by atoms with van der Waals surface area (Å²) in [7, 11) is 0. The van der Waals surface area contributed by atoms with Gasteiger partial charge >= 0.3 is 29.8 Å². The molecule has 0 bridgehead atoms. The summed E-state index contributed by atoms with van der Waals surface area (Å²) in [5.41, 5.74) is 11.1. The van der Waals surface area contributed by atoms with Crippen LogP contribution in [0, 0.1) is 5.92 Å². The zero-order valence-electron chi connectivity index (χ0n) is 45.4. The van der Waals surface area contributed by atoms with Crippen LogP contribution in [-0.2, 0) is 84.8 Å². The highest BCUT2D eigenvalue weighted by Gasteiger charge is 2.37. The van der Waals surface area contributed by atoms with Crippen LogP contribution >= 0.6 is 0 Å². The van der Waals surface area contributed by atoms with Crippen molar-refractivity contribution in [3.63, 3.8) is 0 Å². The lowest BCUT2D eigenvalue weighted by atomic mass is 10.0. The predicted molar refractivity (Wildman–Crippen MR) is 281 cm³/mol. The largest absolute Gasteiger partial charge is 0.508 e. The summed E-state index contributed by atoms with van der Waals surface area (Å²) in [5.74, 6) is -20.9. The average molecular weight is 1190 g/mol. The molecule has 2 rings (SSSR count).